The molecule has 2 aliphatic rings. The Morgan fingerprint density at radius 1 is 1.30 bits per heavy atom. The fraction of sp³-hybridized carbons (Fsp3) is 0.867. The van der Waals surface area contributed by atoms with E-state index in [1.165, 1.54) is 0 Å². The molecule has 2 saturated heterocycles. The van der Waals surface area contributed by atoms with E-state index in [4.69, 9.17) is 0 Å². The van der Waals surface area contributed by atoms with Crippen molar-refractivity contribution in [2.24, 2.45) is 17.3 Å². The van der Waals surface area contributed by atoms with Gasteiger partial charge in [-0.1, -0.05) is 20.3 Å². The molecule has 0 aromatic heterocycles. The van der Waals surface area contributed by atoms with Crippen molar-refractivity contribution in [3.8, 4) is 0 Å². The molecule has 2 fully saturated rings. The summed E-state index contributed by atoms with van der Waals surface area (Å²) in [6, 6.07) is 0. The van der Waals surface area contributed by atoms with Gasteiger partial charge in [-0.15, -0.1) is 0 Å². The third-order valence-corrected chi connectivity index (χ3v) is 5.05. The van der Waals surface area contributed by atoms with Crippen LogP contribution < -0.4 is 5.32 Å². The van der Waals surface area contributed by atoms with Crippen LogP contribution >= 0.6 is 0 Å². The molecule has 0 bridgehead atoms. The van der Waals surface area contributed by atoms with E-state index in [0.717, 1.165) is 19.5 Å². The van der Waals surface area contributed by atoms with E-state index in [1.807, 2.05) is 11.8 Å². The van der Waals surface area contributed by atoms with Gasteiger partial charge in [0.2, 0.25) is 5.91 Å². The summed E-state index contributed by atoms with van der Waals surface area (Å²) in [6.07, 6.45) is 2.78. The lowest BCUT2D eigenvalue weighted by atomic mass is 9.74. The van der Waals surface area contributed by atoms with Crippen molar-refractivity contribution < 1.29 is 14.7 Å². The topological polar surface area (TPSA) is 69.6 Å². The van der Waals surface area contributed by atoms with Crippen LogP contribution in [0.2, 0.25) is 0 Å². The lowest BCUT2D eigenvalue weighted by Crippen LogP contribution is -2.49. The zero-order valence-corrected chi connectivity index (χ0v) is 12.5. The number of hydrogen-bond donors (Lipinski definition) is 2. The molecule has 2 heterocycles. The van der Waals surface area contributed by atoms with Crippen LogP contribution in [0.15, 0.2) is 0 Å². The SMILES string of the molecule is CCCC1(C(=O)O)CCN(C(=O)C2CNCC2C)CC1. The summed E-state index contributed by atoms with van der Waals surface area (Å²) in [5, 5.41) is 12.7. The second kappa shape index (κ2) is 6.12. The van der Waals surface area contributed by atoms with Gasteiger partial charge in [-0.3, -0.25) is 9.59 Å². The lowest BCUT2D eigenvalue weighted by Gasteiger charge is -2.40. The van der Waals surface area contributed by atoms with Crippen LogP contribution in [0.25, 0.3) is 0 Å². The molecule has 0 spiro atoms. The first-order valence-electron chi connectivity index (χ1n) is 7.73. The molecule has 114 valence electrons. The Kier molecular flexibility index (Phi) is 4.68. The molecule has 20 heavy (non-hydrogen) atoms. The van der Waals surface area contributed by atoms with Gasteiger partial charge in [0.15, 0.2) is 0 Å². The molecule has 2 aliphatic heterocycles. The number of nitrogens with one attached hydrogen (secondary N) is 1. The third-order valence-electron chi connectivity index (χ3n) is 5.05. The Bertz CT molecular complexity index is 375. The first-order chi connectivity index (χ1) is 9.50. The van der Waals surface area contributed by atoms with E-state index in [1.54, 1.807) is 0 Å². The fourth-order valence-corrected chi connectivity index (χ4v) is 3.58. The number of amides is 1. The van der Waals surface area contributed by atoms with Crippen LogP contribution in [0.5, 0.6) is 0 Å². The molecule has 2 atom stereocenters. The minimum absolute atomic E-state index is 0.0681. The summed E-state index contributed by atoms with van der Waals surface area (Å²) in [4.78, 5) is 25.9. The van der Waals surface area contributed by atoms with Crippen LogP contribution in [-0.4, -0.2) is 48.1 Å². The van der Waals surface area contributed by atoms with E-state index < -0.39 is 11.4 Å². The summed E-state index contributed by atoms with van der Waals surface area (Å²) in [5.74, 6) is -0.0388. The normalized spacial score (nSPS) is 29.4. The van der Waals surface area contributed by atoms with Crippen molar-refractivity contribution >= 4 is 11.9 Å². The molecular weight excluding hydrogens is 256 g/mol. The van der Waals surface area contributed by atoms with Crippen molar-refractivity contribution in [3.63, 3.8) is 0 Å². The maximum Gasteiger partial charge on any atom is 0.309 e. The summed E-state index contributed by atoms with van der Waals surface area (Å²) in [5.41, 5.74) is -0.606. The van der Waals surface area contributed by atoms with Gasteiger partial charge in [0.25, 0.3) is 0 Å². The lowest BCUT2D eigenvalue weighted by molar-refractivity contribution is -0.155. The molecule has 1 amide bonds. The number of carbonyl (C=O) groups excluding carboxylic acids is 1. The fourth-order valence-electron chi connectivity index (χ4n) is 3.58. The van der Waals surface area contributed by atoms with E-state index in [-0.39, 0.29) is 11.8 Å². The second-order valence-corrected chi connectivity index (χ2v) is 6.40. The molecule has 2 N–H and O–H groups in total. The molecular formula is C15H26N2O3. The van der Waals surface area contributed by atoms with Crippen molar-refractivity contribution in [1.82, 2.24) is 10.2 Å². The van der Waals surface area contributed by atoms with E-state index in [0.29, 0.717) is 38.3 Å². The molecule has 0 aliphatic carbocycles. The van der Waals surface area contributed by atoms with Gasteiger partial charge in [-0.2, -0.15) is 0 Å². The zero-order valence-electron chi connectivity index (χ0n) is 12.5. The molecule has 2 unspecified atom stereocenters. The molecule has 0 aromatic carbocycles. The van der Waals surface area contributed by atoms with Gasteiger partial charge >= 0.3 is 5.97 Å². The largest absolute Gasteiger partial charge is 0.481 e. The molecule has 5 heteroatoms. The molecule has 0 aromatic rings. The highest BCUT2D eigenvalue weighted by atomic mass is 16.4. The number of nitrogens with zero attached hydrogens (tertiary/aromatic N) is 1. The highest BCUT2D eigenvalue weighted by molar-refractivity contribution is 5.81. The Labute approximate surface area is 120 Å². The predicted molar refractivity (Wildman–Crippen MR) is 76.3 cm³/mol. The summed E-state index contributed by atoms with van der Waals surface area (Å²) in [6.45, 7) is 6.97. The van der Waals surface area contributed by atoms with Crippen LogP contribution in [0.3, 0.4) is 0 Å². The molecule has 0 radical (unpaired) electrons. The minimum Gasteiger partial charge on any atom is -0.481 e. The van der Waals surface area contributed by atoms with Crippen molar-refractivity contribution in [2.75, 3.05) is 26.2 Å². The van der Waals surface area contributed by atoms with Crippen molar-refractivity contribution in [3.05, 3.63) is 0 Å². The first kappa shape index (κ1) is 15.3. The molecule has 0 saturated carbocycles. The van der Waals surface area contributed by atoms with Crippen LogP contribution in [-0.2, 0) is 9.59 Å². The number of hydrogen-bond acceptors (Lipinski definition) is 3. The number of carboxylic acid groups (broad SMARTS) is 1. The minimum atomic E-state index is -0.692. The van der Waals surface area contributed by atoms with Gasteiger partial charge in [0.1, 0.15) is 0 Å². The van der Waals surface area contributed by atoms with Gasteiger partial charge in [-0.05, 0) is 31.7 Å². The first-order valence-corrected chi connectivity index (χ1v) is 7.73. The van der Waals surface area contributed by atoms with Crippen LogP contribution in [0, 0.1) is 17.3 Å². The zero-order chi connectivity index (χ0) is 14.8. The summed E-state index contributed by atoms with van der Waals surface area (Å²) >= 11 is 0. The van der Waals surface area contributed by atoms with Crippen molar-refractivity contribution in [2.45, 2.75) is 39.5 Å². The Morgan fingerprint density at radius 3 is 2.40 bits per heavy atom. The monoisotopic (exact) mass is 282 g/mol. The number of piperidine rings is 1. The number of rotatable bonds is 4. The molecule has 5 nitrogen and oxygen atoms in total. The van der Waals surface area contributed by atoms with Gasteiger partial charge in [0, 0.05) is 19.6 Å². The standard InChI is InChI=1S/C15H26N2O3/c1-3-4-15(14(19)20)5-7-17(8-6-15)13(18)12-10-16-9-11(12)2/h11-12,16H,3-10H2,1-2H3,(H,19,20). The average molecular weight is 282 g/mol. The highest BCUT2D eigenvalue weighted by Gasteiger charge is 2.43. The van der Waals surface area contributed by atoms with Crippen LogP contribution in [0.1, 0.15) is 39.5 Å². The molecule has 2 rings (SSSR count). The van der Waals surface area contributed by atoms with Crippen molar-refractivity contribution in [1.29, 1.82) is 0 Å². The number of aliphatic carboxylic acids is 1. The average Bonchev–Trinajstić information content (AvgIpc) is 2.85. The Balaban J connectivity index is 1.96. The van der Waals surface area contributed by atoms with E-state index >= 15 is 0 Å². The smallest absolute Gasteiger partial charge is 0.309 e. The Morgan fingerprint density at radius 2 is 1.95 bits per heavy atom. The quantitative estimate of drug-likeness (QED) is 0.816. The highest BCUT2D eigenvalue weighted by Crippen LogP contribution is 2.37. The van der Waals surface area contributed by atoms with Gasteiger partial charge < -0.3 is 15.3 Å². The number of carboxylic acids is 1. The summed E-state index contributed by atoms with van der Waals surface area (Å²) < 4.78 is 0. The number of likely N-dealkylation sites (tertiary alicyclic amines) is 1. The summed E-state index contributed by atoms with van der Waals surface area (Å²) in [7, 11) is 0. The van der Waals surface area contributed by atoms with Gasteiger partial charge in [0.05, 0.1) is 11.3 Å². The van der Waals surface area contributed by atoms with E-state index in [2.05, 4.69) is 12.2 Å². The maximum absolute atomic E-state index is 12.5. The van der Waals surface area contributed by atoms with Gasteiger partial charge in [-0.25, -0.2) is 0 Å². The Hall–Kier alpha value is -1.10. The number of carbonyl (C=O) groups is 2. The maximum atomic E-state index is 12.5. The third kappa shape index (κ3) is 2.82. The second-order valence-electron chi connectivity index (χ2n) is 6.40. The van der Waals surface area contributed by atoms with E-state index in [9.17, 15) is 14.7 Å². The van der Waals surface area contributed by atoms with Crippen LogP contribution in [0.4, 0.5) is 0 Å². The predicted octanol–water partition coefficient (Wildman–Crippen LogP) is 1.34.